The predicted molar refractivity (Wildman–Crippen MR) is 152 cm³/mol. The van der Waals surface area contributed by atoms with Gasteiger partial charge in [0, 0.05) is 15.7 Å². The summed E-state index contributed by atoms with van der Waals surface area (Å²) in [6.45, 7) is 0. The minimum Gasteiger partial charge on any atom is -0.499 e. The van der Waals surface area contributed by atoms with Crippen LogP contribution in [-0.4, -0.2) is 16.0 Å². The molecule has 1 unspecified atom stereocenters. The van der Waals surface area contributed by atoms with Crippen molar-refractivity contribution >= 4 is 60.9 Å². The Hall–Kier alpha value is -4.00. The highest BCUT2D eigenvalue weighted by molar-refractivity contribution is 8.14. The van der Waals surface area contributed by atoms with Crippen molar-refractivity contribution in [1.29, 1.82) is 0 Å². The molecule has 2 aliphatic rings. The Balaban J connectivity index is 1.25. The first kappa shape index (κ1) is 23.4. The second-order valence-corrected chi connectivity index (χ2v) is 10.9. The molecule has 1 fully saturated rings. The molecule has 1 aliphatic carbocycles. The largest absolute Gasteiger partial charge is 0.499 e. The van der Waals surface area contributed by atoms with Gasteiger partial charge in [-0.2, -0.15) is 0 Å². The minimum absolute atomic E-state index is 0.0542. The quantitative estimate of drug-likeness (QED) is 0.141. The number of hydrogen-bond donors (Lipinski definition) is 1. The number of aromatic hydroxyl groups is 1. The number of rotatable bonds is 3. The SMILES string of the molecule is O=C1SC2C(=CCc3ccccc32)C(=O)C1=CC=CC=Cc1c(O)sc2c(ccc3ccccc32)c1=O. The van der Waals surface area contributed by atoms with Crippen molar-refractivity contribution in [2.45, 2.75) is 11.7 Å². The molecular weight excluding hydrogens is 500 g/mol. The molecule has 0 saturated carbocycles. The monoisotopic (exact) mass is 520 g/mol. The highest BCUT2D eigenvalue weighted by atomic mass is 32.2. The van der Waals surface area contributed by atoms with Gasteiger partial charge in [0.1, 0.15) is 0 Å². The van der Waals surface area contributed by atoms with E-state index in [9.17, 15) is 19.5 Å². The molecule has 1 saturated heterocycles. The summed E-state index contributed by atoms with van der Waals surface area (Å²) in [5, 5.41) is 12.5. The zero-order valence-electron chi connectivity index (χ0n) is 19.5. The topological polar surface area (TPSA) is 71.4 Å². The fourth-order valence-electron chi connectivity index (χ4n) is 4.81. The molecule has 3 aromatic carbocycles. The van der Waals surface area contributed by atoms with Gasteiger partial charge in [-0.05, 0) is 46.5 Å². The maximum absolute atomic E-state index is 13.1. The van der Waals surface area contributed by atoms with Gasteiger partial charge in [-0.25, -0.2) is 0 Å². The van der Waals surface area contributed by atoms with E-state index in [0.717, 1.165) is 26.6 Å². The molecule has 0 spiro atoms. The van der Waals surface area contributed by atoms with Gasteiger partial charge >= 0.3 is 0 Å². The van der Waals surface area contributed by atoms with Crippen LogP contribution < -0.4 is 5.43 Å². The summed E-state index contributed by atoms with van der Waals surface area (Å²) in [5.74, 6) is -0.236. The second-order valence-electron chi connectivity index (χ2n) is 8.81. The van der Waals surface area contributed by atoms with Crippen molar-refractivity contribution in [3.05, 3.63) is 129 Å². The molecule has 0 radical (unpaired) electrons. The van der Waals surface area contributed by atoms with Crippen LogP contribution in [0.15, 0.2) is 107 Å². The van der Waals surface area contributed by atoms with Crippen molar-refractivity contribution in [3.8, 4) is 5.06 Å². The summed E-state index contributed by atoms with van der Waals surface area (Å²) in [7, 11) is 0. The van der Waals surface area contributed by atoms with Crippen LogP contribution >= 0.6 is 23.1 Å². The molecule has 0 bridgehead atoms. The lowest BCUT2D eigenvalue weighted by Gasteiger charge is -2.29. The van der Waals surface area contributed by atoms with Crippen LogP contribution in [0, 0.1) is 0 Å². The second kappa shape index (κ2) is 9.47. The Morgan fingerprint density at radius 1 is 0.865 bits per heavy atom. The van der Waals surface area contributed by atoms with Crippen molar-refractivity contribution in [2.24, 2.45) is 0 Å². The third kappa shape index (κ3) is 4.08. The van der Waals surface area contributed by atoms with Crippen LogP contribution in [-0.2, 0) is 16.0 Å². The first-order valence-corrected chi connectivity index (χ1v) is 13.5. The molecular formula is C31H20O4S2. The minimum atomic E-state index is -0.254. The van der Waals surface area contributed by atoms with E-state index in [1.807, 2.05) is 60.7 Å². The fraction of sp³-hybridized carbons (Fsp3) is 0.0645. The van der Waals surface area contributed by atoms with E-state index in [4.69, 9.17) is 0 Å². The maximum atomic E-state index is 13.1. The maximum Gasteiger partial charge on any atom is 0.224 e. The van der Waals surface area contributed by atoms with Crippen LogP contribution in [0.1, 0.15) is 21.9 Å². The average molecular weight is 521 g/mol. The number of fused-ring (bicyclic) bond motifs is 6. The van der Waals surface area contributed by atoms with E-state index >= 15 is 0 Å². The first-order valence-electron chi connectivity index (χ1n) is 11.8. The highest BCUT2D eigenvalue weighted by Gasteiger charge is 2.38. The molecule has 1 atom stereocenters. The van der Waals surface area contributed by atoms with Crippen LogP contribution in [0.2, 0.25) is 0 Å². The van der Waals surface area contributed by atoms with Gasteiger partial charge in [0.25, 0.3) is 0 Å². The van der Waals surface area contributed by atoms with Gasteiger partial charge in [-0.3, -0.25) is 14.4 Å². The summed E-state index contributed by atoms with van der Waals surface area (Å²) >= 11 is 2.34. The smallest absolute Gasteiger partial charge is 0.224 e. The number of benzene rings is 3. The van der Waals surface area contributed by atoms with E-state index in [1.54, 1.807) is 30.4 Å². The van der Waals surface area contributed by atoms with Crippen LogP contribution in [0.25, 0.3) is 26.9 Å². The van der Waals surface area contributed by atoms with Crippen LogP contribution in [0.4, 0.5) is 0 Å². The number of carbonyl (C=O) groups is 2. The van der Waals surface area contributed by atoms with E-state index in [1.165, 1.54) is 29.2 Å². The number of allylic oxidation sites excluding steroid dienone is 5. The summed E-state index contributed by atoms with van der Waals surface area (Å²) in [4.78, 5) is 38.9. The number of Topliss-reactive ketones (excluding diaryl/α,β-unsaturated/α-hetero) is 1. The van der Waals surface area contributed by atoms with Gasteiger partial charge in [-0.15, -0.1) is 0 Å². The van der Waals surface area contributed by atoms with Gasteiger partial charge in [0.05, 0.1) is 16.4 Å². The van der Waals surface area contributed by atoms with Crippen molar-refractivity contribution in [3.63, 3.8) is 0 Å². The predicted octanol–water partition coefficient (Wildman–Crippen LogP) is 6.68. The Kier molecular flexibility index (Phi) is 5.99. The normalized spacial score (nSPS) is 18.6. The van der Waals surface area contributed by atoms with Crippen molar-refractivity contribution in [1.82, 2.24) is 0 Å². The summed E-state index contributed by atoms with van der Waals surface area (Å²) in [6.07, 6.45) is 10.5. The Morgan fingerprint density at radius 3 is 2.57 bits per heavy atom. The number of carbonyl (C=O) groups excluding carboxylic acids is 2. The van der Waals surface area contributed by atoms with Gasteiger partial charge in [0.2, 0.25) is 5.12 Å². The summed E-state index contributed by atoms with van der Waals surface area (Å²) in [5.41, 5.74) is 2.93. The summed E-state index contributed by atoms with van der Waals surface area (Å²) < 4.78 is 0.753. The zero-order chi connectivity index (χ0) is 25.5. The first-order chi connectivity index (χ1) is 18.0. The standard InChI is InChI=1S/C31H20O4S2/c32-26-22-16-14-18-8-4-6-10-20(18)28(22)36-30(34)24(26)12-2-1-3-13-25-27(33)23-17-15-19-9-5-7-11-21(19)29(23)37-31(25)35/h1-14,16-17,29,34H,15H2. The van der Waals surface area contributed by atoms with Gasteiger partial charge in [0.15, 0.2) is 16.3 Å². The third-order valence-electron chi connectivity index (χ3n) is 6.66. The molecule has 0 amide bonds. The fourth-order valence-corrected chi connectivity index (χ4v) is 7.03. The number of thioether (sulfide) groups is 1. The molecule has 37 heavy (non-hydrogen) atoms. The van der Waals surface area contributed by atoms with Gasteiger partial charge in [-0.1, -0.05) is 102 Å². The van der Waals surface area contributed by atoms with E-state index in [-0.39, 0.29) is 37.8 Å². The zero-order valence-corrected chi connectivity index (χ0v) is 21.1. The van der Waals surface area contributed by atoms with E-state index < -0.39 is 0 Å². The lowest BCUT2D eigenvalue weighted by molar-refractivity contribution is -0.116. The molecule has 6 rings (SSSR count). The third-order valence-corrected chi connectivity index (χ3v) is 8.89. The number of ketones is 1. The Bertz CT molecular complexity index is 1800. The van der Waals surface area contributed by atoms with Crippen LogP contribution in [0.5, 0.6) is 5.06 Å². The van der Waals surface area contributed by atoms with Gasteiger partial charge < -0.3 is 5.11 Å². The molecule has 4 nitrogen and oxygen atoms in total. The summed E-state index contributed by atoms with van der Waals surface area (Å²) in [6, 6.07) is 19.4. The molecule has 1 aliphatic heterocycles. The lowest BCUT2D eigenvalue weighted by atomic mass is 9.87. The van der Waals surface area contributed by atoms with Crippen molar-refractivity contribution in [2.75, 3.05) is 0 Å². The molecule has 1 N–H and O–H groups in total. The molecule has 2 heterocycles. The molecule has 6 heteroatoms. The molecule has 4 aromatic rings. The van der Waals surface area contributed by atoms with E-state index in [0.29, 0.717) is 17.4 Å². The highest BCUT2D eigenvalue weighted by Crippen LogP contribution is 2.47. The molecule has 1 aromatic heterocycles. The van der Waals surface area contributed by atoms with Crippen LogP contribution in [0.3, 0.4) is 0 Å². The number of hydrogen-bond acceptors (Lipinski definition) is 6. The van der Waals surface area contributed by atoms with Crippen molar-refractivity contribution < 1.29 is 14.7 Å². The Labute approximate surface area is 221 Å². The molecule has 180 valence electrons. The average Bonchev–Trinajstić information content (AvgIpc) is 2.91. The van der Waals surface area contributed by atoms with E-state index in [2.05, 4.69) is 0 Å². The Morgan fingerprint density at radius 2 is 1.68 bits per heavy atom. The lowest BCUT2D eigenvalue weighted by Crippen LogP contribution is -2.26.